The highest BCUT2D eigenvalue weighted by molar-refractivity contribution is 5.81. The number of carbonyl (C=O) groups excluding carboxylic acids is 1. The summed E-state index contributed by atoms with van der Waals surface area (Å²) >= 11 is 0. The minimum atomic E-state index is -0.285. The van der Waals surface area contributed by atoms with E-state index in [4.69, 9.17) is 14.5 Å². The third kappa shape index (κ3) is 4.67. The van der Waals surface area contributed by atoms with E-state index in [-0.39, 0.29) is 19.0 Å². The molecule has 0 aliphatic rings. The molecule has 0 saturated heterocycles. The first-order valence-corrected chi connectivity index (χ1v) is 10.4. The maximum Gasteiger partial charge on any atom is 0.309 e. The molecular formula is C26H24N2O3. The Labute approximate surface area is 181 Å². The van der Waals surface area contributed by atoms with Gasteiger partial charge in [0.15, 0.2) is 0 Å². The minimum absolute atomic E-state index is 0.164. The number of carbonyl (C=O) groups is 1. The molecule has 0 atom stereocenters. The molecular weight excluding hydrogens is 388 g/mol. The Morgan fingerprint density at radius 1 is 0.839 bits per heavy atom. The molecule has 31 heavy (non-hydrogen) atoms. The number of hydrogen-bond acceptors (Lipinski definition) is 4. The van der Waals surface area contributed by atoms with Crippen molar-refractivity contribution in [3.05, 3.63) is 91.0 Å². The summed E-state index contributed by atoms with van der Waals surface area (Å²) in [7, 11) is 0. The molecule has 0 saturated carbocycles. The first-order chi connectivity index (χ1) is 15.3. The Balaban J connectivity index is 1.84. The molecule has 5 heteroatoms. The Morgan fingerprint density at radius 2 is 1.42 bits per heavy atom. The Hall–Kier alpha value is -3.86. The molecule has 0 fully saturated rings. The van der Waals surface area contributed by atoms with E-state index in [1.165, 1.54) is 0 Å². The van der Waals surface area contributed by atoms with Crippen LogP contribution in [0.1, 0.15) is 13.3 Å². The molecule has 4 rings (SSSR count). The van der Waals surface area contributed by atoms with Gasteiger partial charge >= 0.3 is 12.0 Å². The number of nitrogens with zero attached hydrogens (tertiary/aromatic N) is 2. The van der Waals surface area contributed by atoms with Crippen molar-refractivity contribution >= 4 is 5.97 Å². The monoisotopic (exact) mass is 412 g/mol. The van der Waals surface area contributed by atoms with Gasteiger partial charge in [-0.05, 0) is 19.1 Å². The fraction of sp³-hybridized carbons (Fsp3) is 0.154. The van der Waals surface area contributed by atoms with Crippen molar-refractivity contribution in [1.29, 1.82) is 0 Å². The molecule has 156 valence electrons. The second-order valence-electron chi connectivity index (χ2n) is 6.90. The normalized spacial score (nSPS) is 10.6. The zero-order chi connectivity index (χ0) is 21.5. The van der Waals surface area contributed by atoms with Crippen LogP contribution in [-0.4, -0.2) is 28.7 Å². The Bertz CT molecular complexity index is 1120. The first-order valence-electron chi connectivity index (χ1n) is 10.4. The summed E-state index contributed by atoms with van der Waals surface area (Å²) in [5.74, 6) is -0.285. The summed E-state index contributed by atoms with van der Waals surface area (Å²) in [5, 5.41) is 0. The summed E-state index contributed by atoms with van der Waals surface area (Å²) in [6.07, 6.45) is 0.164. The van der Waals surface area contributed by atoms with Gasteiger partial charge in [-0.2, -0.15) is 4.98 Å². The van der Waals surface area contributed by atoms with Crippen molar-refractivity contribution in [1.82, 2.24) is 9.55 Å². The average molecular weight is 412 g/mol. The number of para-hydroxylation sites is 1. The first kappa shape index (κ1) is 20.4. The molecule has 0 N–H and O–H groups in total. The lowest BCUT2D eigenvalue weighted by atomic mass is 10.0. The van der Waals surface area contributed by atoms with Crippen molar-refractivity contribution in [2.75, 3.05) is 13.2 Å². The van der Waals surface area contributed by atoms with Crippen molar-refractivity contribution in [2.45, 2.75) is 13.3 Å². The molecule has 0 aliphatic carbocycles. The van der Waals surface area contributed by atoms with Gasteiger partial charge in [0.05, 0.1) is 24.4 Å². The lowest BCUT2D eigenvalue weighted by Crippen LogP contribution is -2.11. The van der Waals surface area contributed by atoms with Gasteiger partial charge in [0.2, 0.25) is 0 Å². The lowest BCUT2D eigenvalue weighted by molar-refractivity contribution is -0.143. The Morgan fingerprint density at radius 3 is 2.03 bits per heavy atom. The van der Waals surface area contributed by atoms with Gasteiger partial charge in [-0.1, -0.05) is 78.9 Å². The van der Waals surface area contributed by atoms with Crippen LogP contribution in [0.3, 0.4) is 0 Å². The van der Waals surface area contributed by atoms with Gasteiger partial charge in [-0.3, -0.25) is 9.36 Å². The molecule has 3 aromatic carbocycles. The topological polar surface area (TPSA) is 53.4 Å². The second kappa shape index (κ2) is 9.76. The van der Waals surface area contributed by atoms with Crippen molar-refractivity contribution in [3.63, 3.8) is 0 Å². The minimum Gasteiger partial charge on any atom is -0.466 e. The van der Waals surface area contributed by atoms with Crippen LogP contribution >= 0.6 is 0 Å². The Kier molecular flexibility index (Phi) is 6.43. The molecule has 5 nitrogen and oxygen atoms in total. The van der Waals surface area contributed by atoms with Crippen LogP contribution in [0.4, 0.5) is 0 Å². The van der Waals surface area contributed by atoms with Crippen LogP contribution < -0.4 is 4.74 Å². The predicted molar refractivity (Wildman–Crippen MR) is 121 cm³/mol. The number of imidazole rings is 1. The van der Waals surface area contributed by atoms with E-state index < -0.39 is 0 Å². The van der Waals surface area contributed by atoms with Crippen LogP contribution in [0.5, 0.6) is 6.01 Å². The van der Waals surface area contributed by atoms with E-state index in [0.29, 0.717) is 12.6 Å². The fourth-order valence-electron chi connectivity index (χ4n) is 3.43. The molecule has 0 aliphatic heterocycles. The highest BCUT2D eigenvalue weighted by Gasteiger charge is 2.22. The number of esters is 1. The highest BCUT2D eigenvalue weighted by atomic mass is 16.5. The molecule has 0 amide bonds. The van der Waals surface area contributed by atoms with E-state index in [0.717, 1.165) is 28.2 Å². The molecule has 0 bridgehead atoms. The quantitative estimate of drug-likeness (QED) is 0.357. The summed E-state index contributed by atoms with van der Waals surface area (Å²) in [6.45, 7) is 2.33. The van der Waals surface area contributed by atoms with E-state index in [9.17, 15) is 4.79 Å². The van der Waals surface area contributed by atoms with E-state index >= 15 is 0 Å². The molecule has 1 aromatic heterocycles. The van der Waals surface area contributed by atoms with Crippen molar-refractivity contribution in [3.8, 4) is 34.2 Å². The number of aromatic nitrogens is 2. The highest BCUT2D eigenvalue weighted by Crippen LogP contribution is 2.37. The fourth-order valence-corrected chi connectivity index (χ4v) is 3.43. The zero-order valence-corrected chi connectivity index (χ0v) is 17.4. The molecule has 1 heterocycles. The van der Waals surface area contributed by atoms with Crippen LogP contribution in [-0.2, 0) is 9.53 Å². The largest absolute Gasteiger partial charge is 0.466 e. The number of rotatable bonds is 8. The predicted octanol–water partition coefficient (Wildman–Crippen LogP) is 5.54. The van der Waals surface area contributed by atoms with E-state index in [1.54, 1.807) is 6.92 Å². The summed E-state index contributed by atoms with van der Waals surface area (Å²) < 4.78 is 13.0. The lowest BCUT2D eigenvalue weighted by Gasteiger charge is -2.13. The third-order valence-electron chi connectivity index (χ3n) is 4.80. The SMILES string of the molecule is CCOC(=O)CCOc1nc(-c2ccccc2)c(-c2ccccc2)n1-c1ccccc1. The van der Waals surface area contributed by atoms with Gasteiger partial charge in [-0.15, -0.1) is 0 Å². The third-order valence-corrected chi connectivity index (χ3v) is 4.80. The summed E-state index contributed by atoms with van der Waals surface area (Å²) in [5.41, 5.74) is 4.71. The average Bonchev–Trinajstić information content (AvgIpc) is 3.20. The van der Waals surface area contributed by atoms with Crippen LogP contribution in [0.25, 0.3) is 28.2 Å². The molecule has 0 radical (unpaired) electrons. The number of ether oxygens (including phenoxy) is 2. The molecule has 0 spiro atoms. The zero-order valence-electron chi connectivity index (χ0n) is 17.4. The van der Waals surface area contributed by atoms with E-state index in [2.05, 4.69) is 12.1 Å². The van der Waals surface area contributed by atoms with Crippen molar-refractivity contribution in [2.24, 2.45) is 0 Å². The molecule has 0 unspecified atom stereocenters. The number of hydrogen-bond donors (Lipinski definition) is 0. The second-order valence-corrected chi connectivity index (χ2v) is 6.90. The van der Waals surface area contributed by atoms with Gasteiger partial charge < -0.3 is 9.47 Å². The standard InChI is InChI=1S/C26H24N2O3/c1-2-30-23(29)18-19-31-26-27-24(20-12-6-3-7-13-20)25(21-14-8-4-9-15-21)28(26)22-16-10-5-11-17-22/h3-17H,2,18-19H2,1H3. The number of benzene rings is 3. The maximum absolute atomic E-state index is 11.8. The summed E-state index contributed by atoms with van der Waals surface area (Å²) in [6, 6.07) is 30.6. The van der Waals surface area contributed by atoms with Crippen LogP contribution in [0.2, 0.25) is 0 Å². The van der Waals surface area contributed by atoms with Crippen LogP contribution in [0.15, 0.2) is 91.0 Å². The van der Waals surface area contributed by atoms with Gasteiger partial charge in [-0.25, -0.2) is 0 Å². The van der Waals surface area contributed by atoms with Crippen LogP contribution in [0, 0.1) is 0 Å². The van der Waals surface area contributed by atoms with Crippen molar-refractivity contribution < 1.29 is 14.3 Å². The van der Waals surface area contributed by atoms with Gasteiger partial charge in [0, 0.05) is 11.1 Å². The maximum atomic E-state index is 11.8. The summed E-state index contributed by atoms with van der Waals surface area (Å²) in [4.78, 5) is 16.6. The van der Waals surface area contributed by atoms with Gasteiger partial charge in [0.1, 0.15) is 12.3 Å². The molecule has 4 aromatic rings. The smallest absolute Gasteiger partial charge is 0.309 e. The van der Waals surface area contributed by atoms with E-state index in [1.807, 2.05) is 83.4 Å². The van der Waals surface area contributed by atoms with Gasteiger partial charge in [0.25, 0.3) is 0 Å².